The summed E-state index contributed by atoms with van der Waals surface area (Å²) >= 11 is 0. The molecular formula is C24H28N4O3. The fourth-order valence-electron chi connectivity index (χ4n) is 5.43. The van der Waals surface area contributed by atoms with Gasteiger partial charge in [-0.05, 0) is 56.4 Å². The van der Waals surface area contributed by atoms with Crippen molar-refractivity contribution >= 4 is 28.8 Å². The smallest absolute Gasteiger partial charge is 0.256 e. The molecule has 0 radical (unpaired) electrons. The van der Waals surface area contributed by atoms with E-state index in [1.807, 2.05) is 17.0 Å². The van der Waals surface area contributed by atoms with Gasteiger partial charge in [0.15, 0.2) is 0 Å². The van der Waals surface area contributed by atoms with E-state index >= 15 is 0 Å². The van der Waals surface area contributed by atoms with Crippen LogP contribution < -0.4 is 15.1 Å². The average molecular weight is 421 g/mol. The predicted molar refractivity (Wildman–Crippen MR) is 119 cm³/mol. The summed E-state index contributed by atoms with van der Waals surface area (Å²) in [4.78, 5) is 22.6. The Morgan fingerprint density at radius 2 is 1.97 bits per heavy atom. The molecule has 3 saturated heterocycles. The fourth-order valence-corrected chi connectivity index (χ4v) is 5.43. The van der Waals surface area contributed by atoms with E-state index in [1.54, 1.807) is 6.20 Å². The van der Waals surface area contributed by atoms with Gasteiger partial charge in [-0.1, -0.05) is 6.07 Å². The van der Waals surface area contributed by atoms with Gasteiger partial charge in [0, 0.05) is 24.1 Å². The number of carbonyl (C=O) groups excluding carboxylic acids is 1. The highest BCUT2D eigenvalue weighted by molar-refractivity contribution is 6.01. The number of benzene rings is 1. The Kier molecular flexibility index (Phi) is 4.80. The van der Waals surface area contributed by atoms with E-state index in [4.69, 9.17) is 9.47 Å². The molecule has 4 aliphatic heterocycles. The summed E-state index contributed by atoms with van der Waals surface area (Å²) in [5.41, 5.74) is 3.99. The van der Waals surface area contributed by atoms with Crippen LogP contribution in [0.5, 0.6) is 0 Å². The second-order valence-corrected chi connectivity index (χ2v) is 8.95. The highest BCUT2D eigenvalue weighted by Crippen LogP contribution is 2.41. The van der Waals surface area contributed by atoms with Gasteiger partial charge in [-0.3, -0.25) is 4.79 Å². The predicted octanol–water partition coefficient (Wildman–Crippen LogP) is 3.61. The molecule has 162 valence electrons. The molecule has 1 amide bonds. The van der Waals surface area contributed by atoms with Gasteiger partial charge in [-0.2, -0.15) is 0 Å². The van der Waals surface area contributed by atoms with E-state index in [0.717, 1.165) is 73.8 Å². The van der Waals surface area contributed by atoms with Crippen molar-refractivity contribution in [1.82, 2.24) is 4.98 Å². The van der Waals surface area contributed by atoms with Crippen molar-refractivity contribution in [3.63, 3.8) is 0 Å². The molecule has 31 heavy (non-hydrogen) atoms. The van der Waals surface area contributed by atoms with Crippen LogP contribution in [0.4, 0.5) is 22.9 Å². The Hall–Kier alpha value is -2.64. The standard InChI is InChI=1S/C24H28N4O3/c29-24(22-5-1-2-11-31-22)27-13-16-4-3-10-25-23(16)26-20-9-8-17(12-21(20)27)28-18-6-7-19(28)15-30-14-18/h3-4,8-10,12,18-19,22H,1-2,5-7,11,13-15H2,(H,25,26)/t18?,19?,22-/m1/s1. The maximum atomic E-state index is 13.6. The number of nitrogens with one attached hydrogen (secondary N) is 1. The molecule has 2 unspecified atom stereocenters. The molecule has 7 nitrogen and oxygen atoms in total. The lowest BCUT2D eigenvalue weighted by molar-refractivity contribution is -0.132. The largest absolute Gasteiger partial charge is 0.377 e. The zero-order valence-electron chi connectivity index (χ0n) is 17.6. The van der Waals surface area contributed by atoms with Gasteiger partial charge in [0.05, 0.1) is 43.2 Å². The normalized spacial score (nSPS) is 27.2. The lowest BCUT2D eigenvalue weighted by Crippen LogP contribution is -2.46. The Labute approximate surface area is 182 Å². The molecule has 5 heterocycles. The molecule has 3 atom stereocenters. The highest BCUT2D eigenvalue weighted by atomic mass is 16.5. The van der Waals surface area contributed by atoms with E-state index in [2.05, 4.69) is 33.4 Å². The van der Waals surface area contributed by atoms with Gasteiger partial charge in [0.1, 0.15) is 11.9 Å². The first-order valence-electron chi connectivity index (χ1n) is 11.4. The average Bonchev–Trinajstić information content (AvgIpc) is 2.98. The summed E-state index contributed by atoms with van der Waals surface area (Å²) in [6.45, 7) is 2.70. The number of amides is 1. The first kappa shape index (κ1) is 19.1. The van der Waals surface area contributed by atoms with E-state index in [9.17, 15) is 4.79 Å². The molecule has 1 aromatic carbocycles. The third-order valence-corrected chi connectivity index (χ3v) is 7.00. The lowest BCUT2D eigenvalue weighted by Gasteiger charge is -2.37. The number of nitrogens with zero attached hydrogens (tertiary/aromatic N) is 3. The number of ether oxygens (including phenoxy) is 2. The number of anilines is 4. The number of fused-ring (bicyclic) bond motifs is 4. The second kappa shape index (κ2) is 7.80. The summed E-state index contributed by atoms with van der Waals surface area (Å²) in [5.74, 6) is 0.851. The first-order valence-corrected chi connectivity index (χ1v) is 11.4. The van der Waals surface area contributed by atoms with Crippen LogP contribution in [-0.4, -0.2) is 48.9 Å². The third kappa shape index (κ3) is 3.36. The van der Waals surface area contributed by atoms with Crippen LogP contribution in [0.2, 0.25) is 0 Å². The van der Waals surface area contributed by atoms with E-state index < -0.39 is 0 Å². The quantitative estimate of drug-likeness (QED) is 0.801. The van der Waals surface area contributed by atoms with Gasteiger partial charge in [-0.25, -0.2) is 4.98 Å². The topological polar surface area (TPSA) is 66.9 Å². The summed E-state index contributed by atoms with van der Waals surface area (Å²) in [5, 5.41) is 3.47. The summed E-state index contributed by atoms with van der Waals surface area (Å²) in [7, 11) is 0. The maximum absolute atomic E-state index is 13.6. The number of aromatic nitrogens is 1. The van der Waals surface area contributed by atoms with Gasteiger partial charge >= 0.3 is 0 Å². The summed E-state index contributed by atoms with van der Waals surface area (Å²) < 4.78 is 11.7. The zero-order valence-corrected chi connectivity index (χ0v) is 17.6. The van der Waals surface area contributed by atoms with Gasteiger partial charge in [-0.15, -0.1) is 0 Å². The second-order valence-electron chi connectivity index (χ2n) is 8.95. The Morgan fingerprint density at radius 3 is 2.77 bits per heavy atom. The maximum Gasteiger partial charge on any atom is 0.256 e. The first-order chi connectivity index (χ1) is 15.3. The molecule has 7 heteroatoms. The number of carbonyl (C=O) groups is 1. The van der Waals surface area contributed by atoms with Crippen LogP contribution in [0.3, 0.4) is 0 Å². The minimum atomic E-state index is -0.372. The van der Waals surface area contributed by atoms with Crippen LogP contribution in [0.1, 0.15) is 37.7 Å². The molecule has 2 aromatic rings. The molecule has 4 aliphatic rings. The van der Waals surface area contributed by atoms with Gasteiger partial charge in [0.2, 0.25) is 0 Å². The molecule has 1 N–H and O–H groups in total. The number of rotatable bonds is 2. The van der Waals surface area contributed by atoms with Crippen molar-refractivity contribution in [2.24, 2.45) is 0 Å². The SMILES string of the molecule is O=C([C@H]1CCCCO1)N1Cc2cccnc2Nc2ccc(N3C4CCC3COC4)cc21. The van der Waals surface area contributed by atoms with Crippen molar-refractivity contribution in [3.8, 4) is 0 Å². The van der Waals surface area contributed by atoms with Crippen molar-refractivity contribution in [1.29, 1.82) is 0 Å². The molecule has 1 aromatic heterocycles. The number of hydrogen-bond donors (Lipinski definition) is 1. The summed E-state index contributed by atoms with van der Waals surface area (Å²) in [6.07, 6.45) is 6.58. The fraction of sp³-hybridized carbons (Fsp3) is 0.500. The van der Waals surface area contributed by atoms with Crippen molar-refractivity contribution < 1.29 is 14.3 Å². The Morgan fingerprint density at radius 1 is 1.10 bits per heavy atom. The van der Waals surface area contributed by atoms with Gasteiger partial charge < -0.3 is 24.6 Å². The molecule has 2 bridgehead atoms. The van der Waals surface area contributed by atoms with Crippen molar-refractivity contribution in [3.05, 3.63) is 42.1 Å². The van der Waals surface area contributed by atoms with Crippen LogP contribution in [0, 0.1) is 0 Å². The highest BCUT2D eigenvalue weighted by Gasteiger charge is 2.38. The zero-order chi connectivity index (χ0) is 20.8. The van der Waals surface area contributed by atoms with Crippen LogP contribution in [0.25, 0.3) is 0 Å². The molecular weight excluding hydrogens is 392 g/mol. The van der Waals surface area contributed by atoms with E-state index in [-0.39, 0.29) is 12.0 Å². The molecule has 6 rings (SSSR count). The minimum absolute atomic E-state index is 0.0431. The van der Waals surface area contributed by atoms with E-state index in [0.29, 0.717) is 25.2 Å². The number of pyridine rings is 1. The van der Waals surface area contributed by atoms with E-state index in [1.165, 1.54) is 0 Å². The van der Waals surface area contributed by atoms with Crippen LogP contribution >= 0.6 is 0 Å². The minimum Gasteiger partial charge on any atom is -0.377 e. The van der Waals surface area contributed by atoms with Crippen molar-refractivity contribution in [2.75, 3.05) is 34.9 Å². The summed E-state index contributed by atoms with van der Waals surface area (Å²) in [6, 6.07) is 11.2. The van der Waals surface area contributed by atoms with Crippen LogP contribution in [0.15, 0.2) is 36.5 Å². The molecule has 0 spiro atoms. The number of hydrogen-bond acceptors (Lipinski definition) is 6. The van der Waals surface area contributed by atoms with Gasteiger partial charge in [0.25, 0.3) is 5.91 Å². The Balaban J connectivity index is 1.41. The molecule has 0 saturated carbocycles. The lowest BCUT2D eigenvalue weighted by atomic mass is 10.1. The third-order valence-electron chi connectivity index (χ3n) is 7.00. The monoisotopic (exact) mass is 420 g/mol. The molecule has 0 aliphatic carbocycles. The number of morpholine rings is 1. The molecule has 3 fully saturated rings. The van der Waals surface area contributed by atoms with Crippen molar-refractivity contribution in [2.45, 2.75) is 56.8 Å². The Bertz CT molecular complexity index is 975. The van der Waals surface area contributed by atoms with Crippen LogP contribution in [-0.2, 0) is 20.8 Å².